The summed E-state index contributed by atoms with van der Waals surface area (Å²) in [5.74, 6) is -0.233. The molecule has 0 bridgehead atoms. The fraction of sp³-hybridized carbons (Fsp3) is 0.417. The minimum atomic E-state index is -0.257. The average molecular weight is 207 g/mol. The van der Waals surface area contributed by atoms with Gasteiger partial charge in [-0.05, 0) is 43.5 Å². The lowest BCUT2D eigenvalue weighted by molar-refractivity contribution is 0.0792. The van der Waals surface area contributed by atoms with Gasteiger partial charge in [-0.3, -0.25) is 4.79 Å². The van der Waals surface area contributed by atoms with E-state index in [1.807, 2.05) is 4.90 Å². The zero-order chi connectivity index (χ0) is 10.8. The number of halogens is 1. The zero-order valence-corrected chi connectivity index (χ0v) is 8.79. The van der Waals surface area contributed by atoms with Crippen LogP contribution in [0.1, 0.15) is 28.8 Å². The van der Waals surface area contributed by atoms with E-state index in [4.69, 9.17) is 0 Å². The van der Waals surface area contributed by atoms with Crippen molar-refractivity contribution in [3.8, 4) is 0 Å². The van der Waals surface area contributed by atoms with Gasteiger partial charge < -0.3 is 4.90 Å². The van der Waals surface area contributed by atoms with Crippen molar-refractivity contribution in [1.82, 2.24) is 4.90 Å². The number of hydrogen-bond donors (Lipinski definition) is 0. The Morgan fingerprint density at radius 2 is 2.00 bits per heavy atom. The van der Waals surface area contributed by atoms with Gasteiger partial charge in [0.15, 0.2) is 0 Å². The molecule has 1 aromatic rings. The van der Waals surface area contributed by atoms with Crippen molar-refractivity contribution in [2.24, 2.45) is 0 Å². The van der Waals surface area contributed by atoms with Crippen LogP contribution in [-0.4, -0.2) is 23.9 Å². The molecular weight excluding hydrogens is 193 g/mol. The molecule has 0 aromatic heterocycles. The summed E-state index contributed by atoms with van der Waals surface area (Å²) < 4.78 is 13.0. The van der Waals surface area contributed by atoms with Crippen molar-refractivity contribution in [3.05, 3.63) is 35.1 Å². The number of benzene rings is 1. The molecule has 0 spiro atoms. The minimum absolute atomic E-state index is 0.0237. The number of aryl methyl sites for hydroxylation is 1. The number of likely N-dealkylation sites (tertiary alicyclic amines) is 1. The molecule has 1 aromatic carbocycles. The quantitative estimate of drug-likeness (QED) is 0.692. The predicted octanol–water partition coefficient (Wildman–Crippen LogP) is 2.37. The Kier molecular flexibility index (Phi) is 2.71. The topological polar surface area (TPSA) is 20.3 Å². The summed E-state index contributed by atoms with van der Waals surface area (Å²) in [6.45, 7) is 3.33. The molecule has 0 saturated carbocycles. The Labute approximate surface area is 88.7 Å². The number of carbonyl (C=O) groups excluding carboxylic acids is 1. The average Bonchev–Trinajstić information content (AvgIpc) is 2.74. The third-order valence-electron chi connectivity index (χ3n) is 2.80. The molecule has 1 heterocycles. The molecule has 0 aliphatic carbocycles. The zero-order valence-electron chi connectivity index (χ0n) is 8.79. The largest absolute Gasteiger partial charge is 0.339 e. The van der Waals surface area contributed by atoms with Gasteiger partial charge in [0.25, 0.3) is 5.91 Å². The lowest BCUT2D eigenvalue weighted by atomic mass is 10.1. The van der Waals surface area contributed by atoms with Gasteiger partial charge in [-0.2, -0.15) is 0 Å². The van der Waals surface area contributed by atoms with Gasteiger partial charge in [-0.25, -0.2) is 4.39 Å². The Morgan fingerprint density at radius 1 is 1.33 bits per heavy atom. The summed E-state index contributed by atoms with van der Waals surface area (Å²) in [4.78, 5) is 13.7. The van der Waals surface area contributed by atoms with Gasteiger partial charge in [-0.1, -0.05) is 0 Å². The fourth-order valence-corrected chi connectivity index (χ4v) is 1.88. The second-order valence-corrected chi connectivity index (χ2v) is 3.96. The first-order chi connectivity index (χ1) is 7.18. The summed E-state index contributed by atoms with van der Waals surface area (Å²) in [6, 6.07) is 4.54. The van der Waals surface area contributed by atoms with Gasteiger partial charge in [0.1, 0.15) is 5.82 Å². The van der Waals surface area contributed by atoms with Crippen LogP contribution >= 0.6 is 0 Å². The normalized spacial score (nSPS) is 15.7. The van der Waals surface area contributed by atoms with E-state index in [0.29, 0.717) is 11.1 Å². The van der Waals surface area contributed by atoms with Crippen LogP contribution in [0.3, 0.4) is 0 Å². The molecule has 2 rings (SSSR count). The van der Waals surface area contributed by atoms with E-state index < -0.39 is 0 Å². The van der Waals surface area contributed by atoms with Crippen molar-refractivity contribution >= 4 is 5.91 Å². The van der Waals surface area contributed by atoms with E-state index in [-0.39, 0.29) is 11.7 Å². The van der Waals surface area contributed by atoms with Gasteiger partial charge >= 0.3 is 0 Å². The predicted molar refractivity (Wildman–Crippen MR) is 56.3 cm³/mol. The maximum Gasteiger partial charge on any atom is 0.253 e. The molecule has 80 valence electrons. The van der Waals surface area contributed by atoms with Crippen LogP contribution in [0.5, 0.6) is 0 Å². The van der Waals surface area contributed by atoms with Crippen LogP contribution in [-0.2, 0) is 0 Å². The molecule has 2 nitrogen and oxygen atoms in total. The molecule has 0 atom stereocenters. The summed E-state index contributed by atoms with van der Waals surface area (Å²) >= 11 is 0. The lowest BCUT2D eigenvalue weighted by Gasteiger charge is -2.15. The second-order valence-electron chi connectivity index (χ2n) is 3.96. The van der Waals surface area contributed by atoms with E-state index in [9.17, 15) is 9.18 Å². The van der Waals surface area contributed by atoms with Crippen molar-refractivity contribution in [2.75, 3.05) is 13.1 Å². The van der Waals surface area contributed by atoms with Crippen LogP contribution in [0.15, 0.2) is 18.2 Å². The highest BCUT2D eigenvalue weighted by molar-refractivity contribution is 5.94. The number of rotatable bonds is 1. The third-order valence-corrected chi connectivity index (χ3v) is 2.80. The fourth-order valence-electron chi connectivity index (χ4n) is 1.88. The smallest absolute Gasteiger partial charge is 0.253 e. The van der Waals surface area contributed by atoms with Crippen molar-refractivity contribution in [3.63, 3.8) is 0 Å². The van der Waals surface area contributed by atoms with Gasteiger partial charge in [-0.15, -0.1) is 0 Å². The summed E-state index contributed by atoms with van der Waals surface area (Å²) in [5.41, 5.74) is 1.12. The maximum atomic E-state index is 13.0. The number of amides is 1. The SMILES string of the molecule is Cc1cc(C(=O)N2CCCC2)ccc1F. The Hall–Kier alpha value is -1.38. The van der Waals surface area contributed by atoms with Crippen molar-refractivity contribution in [2.45, 2.75) is 19.8 Å². The molecule has 3 heteroatoms. The first-order valence-electron chi connectivity index (χ1n) is 5.24. The molecule has 1 saturated heterocycles. The number of hydrogen-bond acceptors (Lipinski definition) is 1. The molecule has 1 fully saturated rings. The van der Waals surface area contributed by atoms with Crippen LogP contribution in [0, 0.1) is 12.7 Å². The molecule has 0 N–H and O–H groups in total. The highest BCUT2D eigenvalue weighted by Crippen LogP contribution is 2.15. The summed E-state index contributed by atoms with van der Waals surface area (Å²) in [6.07, 6.45) is 2.15. The Morgan fingerprint density at radius 3 is 2.60 bits per heavy atom. The number of carbonyl (C=O) groups is 1. The second kappa shape index (κ2) is 4.01. The van der Waals surface area contributed by atoms with Crippen LogP contribution in [0.4, 0.5) is 4.39 Å². The maximum absolute atomic E-state index is 13.0. The van der Waals surface area contributed by atoms with Crippen molar-refractivity contribution < 1.29 is 9.18 Å². The highest BCUT2D eigenvalue weighted by Gasteiger charge is 2.19. The van der Waals surface area contributed by atoms with Gasteiger partial charge in [0.05, 0.1) is 0 Å². The molecular formula is C12H14FNO. The van der Waals surface area contributed by atoms with E-state index in [0.717, 1.165) is 25.9 Å². The third kappa shape index (κ3) is 2.01. The van der Waals surface area contributed by atoms with Gasteiger partial charge in [0, 0.05) is 18.7 Å². The van der Waals surface area contributed by atoms with Crippen molar-refractivity contribution in [1.29, 1.82) is 0 Å². The van der Waals surface area contributed by atoms with Crippen LogP contribution < -0.4 is 0 Å². The molecule has 0 radical (unpaired) electrons. The number of nitrogens with zero attached hydrogens (tertiary/aromatic N) is 1. The molecule has 1 amide bonds. The Balaban J connectivity index is 2.21. The summed E-state index contributed by atoms with van der Waals surface area (Å²) in [5, 5.41) is 0. The molecule has 1 aliphatic rings. The molecule has 15 heavy (non-hydrogen) atoms. The first-order valence-corrected chi connectivity index (χ1v) is 5.24. The minimum Gasteiger partial charge on any atom is -0.339 e. The first kappa shape index (κ1) is 10.1. The lowest BCUT2D eigenvalue weighted by Crippen LogP contribution is -2.27. The molecule has 0 unspecified atom stereocenters. The van der Waals surface area contributed by atoms with Gasteiger partial charge in [0.2, 0.25) is 0 Å². The van der Waals surface area contributed by atoms with E-state index in [1.54, 1.807) is 19.1 Å². The van der Waals surface area contributed by atoms with Crippen LogP contribution in [0.2, 0.25) is 0 Å². The molecule has 1 aliphatic heterocycles. The van der Waals surface area contributed by atoms with Crippen LogP contribution in [0.25, 0.3) is 0 Å². The van der Waals surface area contributed by atoms with E-state index >= 15 is 0 Å². The van der Waals surface area contributed by atoms with E-state index in [2.05, 4.69) is 0 Å². The monoisotopic (exact) mass is 207 g/mol. The highest BCUT2D eigenvalue weighted by atomic mass is 19.1. The Bertz CT molecular complexity index is 383. The standard InChI is InChI=1S/C12H14FNO/c1-9-8-10(4-5-11(9)13)12(15)14-6-2-3-7-14/h4-5,8H,2-3,6-7H2,1H3. The summed E-state index contributed by atoms with van der Waals surface area (Å²) in [7, 11) is 0. The van der Waals surface area contributed by atoms with E-state index in [1.165, 1.54) is 6.07 Å².